The lowest BCUT2D eigenvalue weighted by Gasteiger charge is -2.18. The molecule has 1 aromatic rings. The average Bonchev–Trinajstić information content (AvgIpc) is 2.28. The van der Waals surface area contributed by atoms with Crippen molar-refractivity contribution in [2.75, 3.05) is 23.9 Å². The summed E-state index contributed by atoms with van der Waals surface area (Å²) >= 11 is 0. The molecule has 3 N–H and O–H groups in total. The largest absolute Gasteiger partial charge is 0.374 e. The molecule has 0 radical (unpaired) electrons. The molecule has 0 saturated carbocycles. The summed E-state index contributed by atoms with van der Waals surface area (Å²) in [6.07, 6.45) is 0.977. The van der Waals surface area contributed by atoms with E-state index < -0.39 is 4.92 Å². The van der Waals surface area contributed by atoms with Gasteiger partial charge >= 0.3 is 0 Å². The van der Waals surface area contributed by atoms with E-state index in [1.54, 1.807) is 6.07 Å². The zero-order chi connectivity index (χ0) is 12.1. The summed E-state index contributed by atoms with van der Waals surface area (Å²) in [6, 6.07) is 4.72. The number of nitrogens with two attached hydrogens (primary N) is 1. The monoisotopic (exact) mass is 224 g/mol. The zero-order valence-corrected chi connectivity index (χ0v) is 9.43. The van der Waals surface area contributed by atoms with Gasteiger partial charge < -0.3 is 10.3 Å². The fourth-order valence-electron chi connectivity index (χ4n) is 1.47. The van der Waals surface area contributed by atoms with Crippen LogP contribution < -0.4 is 16.2 Å². The average molecular weight is 224 g/mol. The van der Waals surface area contributed by atoms with Crippen LogP contribution in [0.15, 0.2) is 18.2 Å². The lowest BCUT2D eigenvalue weighted by Crippen LogP contribution is -2.18. The minimum absolute atomic E-state index is 0.0356. The van der Waals surface area contributed by atoms with E-state index >= 15 is 0 Å². The Balaban J connectivity index is 3.08. The lowest BCUT2D eigenvalue weighted by molar-refractivity contribution is -0.384. The molecule has 0 unspecified atom stereocenters. The number of hydrogen-bond donors (Lipinski definition) is 2. The number of nitrogens with one attached hydrogen (secondary N) is 1. The second-order valence-corrected chi connectivity index (χ2v) is 3.56. The fraction of sp³-hybridized carbons (Fsp3) is 0.400. The summed E-state index contributed by atoms with van der Waals surface area (Å²) < 4.78 is 0. The van der Waals surface area contributed by atoms with Crippen LogP contribution in [-0.4, -0.2) is 18.5 Å². The number of rotatable bonds is 5. The van der Waals surface area contributed by atoms with Gasteiger partial charge in [0, 0.05) is 31.4 Å². The van der Waals surface area contributed by atoms with E-state index in [9.17, 15) is 10.1 Å². The summed E-state index contributed by atoms with van der Waals surface area (Å²) in [4.78, 5) is 12.2. The molecule has 88 valence electrons. The number of nitro groups is 1. The number of hydrazine groups is 1. The normalized spacial score (nSPS) is 9.94. The third kappa shape index (κ3) is 2.83. The third-order valence-electron chi connectivity index (χ3n) is 2.28. The maximum Gasteiger partial charge on any atom is 0.273 e. The van der Waals surface area contributed by atoms with Crippen LogP contribution in [0.4, 0.5) is 17.1 Å². The van der Waals surface area contributed by atoms with E-state index in [0.717, 1.165) is 18.7 Å². The Morgan fingerprint density at radius 3 is 2.69 bits per heavy atom. The van der Waals surface area contributed by atoms with Crippen molar-refractivity contribution in [2.24, 2.45) is 5.84 Å². The zero-order valence-electron chi connectivity index (χ0n) is 9.43. The second kappa shape index (κ2) is 5.32. The molecule has 0 atom stereocenters. The molecular formula is C10H16N4O2. The third-order valence-corrected chi connectivity index (χ3v) is 2.28. The van der Waals surface area contributed by atoms with Gasteiger partial charge in [-0.15, -0.1) is 0 Å². The SMILES string of the molecule is CCCN(C)c1cc(NN)cc([N+](=O)[O-])c1. The van der Waals surface area contributed by atoms with Crippen LogP contribution in [0, 0.1) is 10.1 Å². The number of hydrogen-bond acceptors (Lipinski definition) is 5. The summed E-state index contributed by atoms with van der Waals surface area (Å²) in [5, 5.41) is 10.7. The molecule has 1 rings (SSSR count). The van der Waals surface area contributed by atoms with E-state index in [-0.39, 0.29) is 5.69 Å². The first-order valence-electron chi connectivity index (χ1n) is 5.05. The van der Waals surface area contributed by atoms with Crippen molar-refractivity contribution in [1.82, 2.24) is 0 Å². The van der Waals surface area contributed by atoms with Gasteiger partial charge in [-0.25, -0.2) is 0 Å². The topological polar surface area (TPSA) is 84.4 Å². The molecule has 0 fully saturated rings. The molecule has 0 spiro atoms. The number of anilines is 2. The molecule has 0 heterocycles. The van der Waals surface area contributed by atoms with Crippen LogP contribution in [0.5, 0.6) is 0 Å². The summed E-state index contributed by atoms with van der Waals surface area (Å²) in [7, 11) is 1.89. The number of non-ortho nitro benzene ring substituents is 1. The summed E-state index contributed by atoms with van der Waals surface area (Å²) in [5.74, 6) is 5.27. The first-order valence-corrected chi connectivity index (χ1v) is 5.05. The molecule has 0 aliphatic carbocycles. The van der Waals surface area contributed by atoms with Crippen molar-refractivity contribution in [3.63, 3.8) is 0 Å². The Hall–Kier alpha value is -1.82. The molecule has 0 aliphatic heterocycles. The van der Waals surface area contributed by atoms with Crippen LogP contribution in [0.2, 0.25) is 0 Å². The van der Waals surface area contributed by atoms with Gasteiger partial charge in [0.2, 0.25) is 0 Å². The molecule has 0 amide bonds. The maximum absolute atomic E-state index is 10.7. The van der Waals surface area contributed by atoms with E-state index in [2.05, 4.69) is 12.3 Å². The highest BCUT2D eigenvalue weighted by Gasteiger charge is 2.11. The summed E-state index contributed by atoms with van der Waals surface area (Å²) in [6.45, 7) is 2.89. The first-order chi connectivity index (χ1) is 7.58. The maximum atomic E-state index is 10.7. The van der Waals surface area contributed by atoms with Gasteiger partial charge in [-0.2, -0.15) is 0 Å². The number of nitrogen functional groups attached to an aromatic ring is 1. The van der Waals surface area contributed by atoms with E-state index in [4.69, 9.17) is 5.84 Å². The Morgan fingerprint density at radius 1 is 1.50 bits per heavy atom. The van der Waals surface area contributed by atoms with Gasteiger partial charge in [0.1, 0.15) is 0 Å². The van der Waals surface area contributed by atoms with Gasteiger partial charge in [-0.3, -0.25) is 16.0 Å². The molecule has 1 aromatic carbocycles. The summed E-state index contributed by atoms with van der Waals surface area (Å²) in [5.41, 5.74) is 3.78. The quantitative estimate of drug-likeness (QED) is 0.452. The number of nitro benzene ring substituents is 1. The first kappa shape index (κ1) is 12.3. The van der Waals surface area contributed by atoms with Gasteiger partial charge in [-0.1, -0.05) is 6.92 Å². The van der Waals surface area contributed by atoms with Crippen LogP contribution in [0.25, 0.3) is 0 Å². The van der Waals surface area contributed by atoms with E-state index in [1.807, 2.05) is 11.9 Å². The van der Waals surface area contributed by atoms with Gasteiger partial charge in [0.25, 0.3) is 5.69 Å². The number of nitrogens with zero attached hydrogens (tertiary/aromatic N) is 2. The van der Waals surface area contributed by atoms with Gasteiger partial charge in [0.05, 0.1) is 10.6 Å². The lowest BCUT2D eigenvalue weighted by atomic mass is 10.2. The Morgan fingerprint density at radius 2 is 2.19 bits per heavy atom. The molecule has 16 heavy (non-hydrogen) atoms. The number of benzene rings is 1. The minimum Gasteiger partial charge on any atom is -0.374 e. The second-order valence-electron chi connectivity index (χ2n) is 3.56. The highest BCUT2D eigenvalue weighted by atomic mass is 16.6. The minimum atomic E-state index is -0.426. The molecule has 0 aliphatic rings. The highest BCUT2D eigenvalue weighted by molar-refractivity contribution is 5.63. The van der Waals surface area contributed by atoms with E-state index in [0.29, 0.717) is 5.69 Å². The van der Waals surface area contributed by atoms with Crippen molar-refractivity contribution in [3.8, 4) is 0 Å². The van der Waals surface area contributed by atoms with Crippen LogP contribution in [-0.2, 0) is 0 Å². The van der Waals surface area contributed by atoms with Crippen molar-refractivity contribution in [3.05, 3.63) is 28.3 Å². The van der Waals surface area contributed by atoms with Gasteiger partial charge in [0.15, 0.2) is 0 Å². The van der Waals surface area contributed by atoms with Crippen LogP contribution in [0.1, 0.15) is 13.3 Å². The van der Waals surface area contributed by atoms with Gasteiger partial charge in [-0.05, 0) is 12.5 Å². The molecular weight excluding hydrogens is 208 g/mol. The standard InChI is InChI=1S/C10H16N4O2/c1-3-4-13(2)9-5-8(12-11)6-10(7-9)14(15)16/h5-7,12H,3-4,11H2,1-2H3. The molecule has 6 heteroatoms. The van der Waals surface area contributed by atoms with Crippen molar-refractivity contribution in [2.45, 2.75) is 13.3 Å². The Bertz CT molecular complexity index is 381. The Kier molecular flexibility index (Phi) is 4.07. The predicted octanol–water partition coefficient (Wildman–Crippen LogP) is 1.73. The van der Waals surface area contributed by atoms with Crippen molar-refractivity contribution in [1.29, 1.82) is 0 Å². The smallest absolute Gasteiger partial charge is 0.273 e. The molecule has 6 nitrogen and oxygen atoms in total. The molecule has 0 bridgehead atoms. The van der Waals surface area contributed by atoms with E-state index in [1.165, 1.54) is 12.1 Å². The van der Waals surface area contributed by atoms with Crippen LogP contribution >= 0.6 is 0 Å². The molecule has 0 aromatic heterocycles. The molecule has 0 saturated heterocycles. The van der Waals surface area contributed by atoms with Crippen molar-refractivity contribution >= 4 is 17.1 Å². The van der Waals surface area contributed by atoms with Crippen molar-refractivity contribution < 1.29 is 4.92 Å². The highest BCUT2D eigenvalue weighted by Crippen LogP contribution is 2.25. The fourth-order valence-corrected chi connectivity index (χ4v) is 1.47. The van der Waals surface area contributed by atoms with Crippen LogP contribution in [0.3, 0.4) is 0 Å². The Labute approximate surface area is 94.2 Å². The predicted molar refractivity (Wildman–Crippen MR) is 64.5 cm³/mol.